The van der Waals surface area contributed by atoms with Gasteiger partial charge in [-0.2, -0.15) is 0 Å². The van der Waals surface area contributed by atoms with E-state index in [1.54, 1.807) is 0 Å². The van der Waals surface area contributed by atoms with Gasteiger partial charge in [-0.25, -0.2) is 9.97 Å². The summed E-state index contributed by atoms with van der Waals surface area (Å²) in [6.07, 6.45) is 3.03. The van der Waals surface area contributed by atoms with Gasteiger partial charge in [-0.3, -0.25) is 4.79 Å². The van der Waals surface area contributed by atoms with Crippen LogP contribution >= 0.6 is 0 Å². The van der Waals surface area contributed by atoms with Crippen molar-refractivity contribution in [1.29, 1.82) is 0 Å². The van der Waals surface area contributed by atoms with Gasteiger partial charge in [0.25, 0.3) is 5.91 Å². The highest BCUT2D eigenvalue weighted by Crippen LogP contribution is 2.23. The number of amides is 1. The highest BCUT2D eigenvalue weighted by Gasteiger charge is 2.13. The number of carbonyl (C=O) groups excluding carboxylic acids is 1. The normalized spacial score (nSPS) is 11.1. The van der Waals surface area contributed by atoms with Crippen LogP contribution in [0.2, 0.25) is 0 Å². The summed E-state index contributed by atoms with van der Waals surface area (Å²) in [5.74, 6) is 0.213. The highest BCUT2D eigenvalue weighted by atomic mass is 16.1. The van der Waals surface area contributed by atoms with Crippen molar-refractivity contribution in [3.05, 3.63) is 77.6 Å². The summed E-state index contributed by atoms with van der Waals surface area (Å²) in [5.41, 5.74) is 4.53. The quantitative estimate of drug-likeness (QED) is 0.681. The lowest BCUT2D eigenvalue weighted by Gasteiger charge is -2.19. The molecule has 0 saturated carbocycles. The van der Waals surface area contributed by atoms with E-state index in [0.29, 0.717) is 11.5 Å². The van der Waals surface area contributed by atoms with E-state index in [-0.39, 0.29) is 11.3 Å². The lowest BCUT2D eigenvalue weighted by Crippen LogP contribution is -2.14. The van der Waals surface area contributed by atoms with Gasteiger partial charge in [0.15, 0.2) is 0 Å². The molecule has 0 unspecified atom stereocenters. The topological polar surface area (TPSA) is 66.9 Å². The maximum atomic E-state index is 12.4. The maximum absolute atomic E-state index is 12.4. The van der Waals surface area contributed by atoms with Crippen LogP contribution in [-0.2, 0) is 5.41 Å². The number of hydrogen-bond acceptors (Lipinski definition) is 4. The molecule has 2 N–H and O–H groups in total. The van der Waals surface area contributed by atoms with Gasteiger partial charge in [-0.1, -0.05) is 50.6 Å². The molecule has 0 atom stereocenters. The molecule has 0 aliphatic heterocycles. The molecule has 27 heavy (non-hydrogen) atoms. The van der Waals surface area contributed by atoms with Crippen LogP contribution in [0.3, 0.4) is 0 Å². The fraction of sp³-hybridized carbons (Fsp3) is 0.227. The molecule has 0 bridgehead atoms. The predicted octanol–water partition coefficient (Wildman–Crippen LogP) is 5.08. The standard InChI is InChI=1S/C22H24N4O/c1-15-5-9-19(10-6-15)26-21-23-13-16(14-24-21)20(27)25-18-11-7-17(8-12-18)22(2,3)4/h5-14H,1-4H3,(H,25,27)(H,23,24,26). The molecule has 3 aromatic rings. The number of nitrogens with zero attached hydrogens (tertiary/aromatic N) is 2. The molecule has 0 saturated heterocycles. The van der Waals surface area contributed by atoms with Gasteiger partial charge in [0.2, 0.25) is 5.95 Å². The molecule has 0 radical (unpaired) electrons. The van der Waals surface area contributed by atoms with Gasteiger partial charge < -0.3 is 10.6 Å². The van der Waals surface area contributed by atoms with Gasteiger partial charge in [-0.05, 0) is 42.2 Å². The molecule has 0 aliphatic carbocycles. The van der Waals surface area contributed by atoms with Crippen LogP contribution in [0.4, 0.5) is 17.3 Å². The second-order valence-corrected chi connectivity index (χ2v) is 7.57. The van der Waals surface area contributed by atoms with Gasteiger partial charge in [0.05, 0.1) is 5.56 Å². The third-order valence-electron chi connectivity index (χ3n) is 4.23. The third-order valence-corrected chi connectivity index (χ3v) is 4.23. The summed E-state index contributed by atoms with van der Waals surface area (Å²) in [4.78, 5) is 20.8. The summed E-state index contributed by atoms with van der Waals surface area (Å²) in [5, 5.41) is 5.99. The smallest absolute Gasteiger partial charge is 0.258 e. The minimum Gasteiger partial charge on any atom is -0.324 e. The predicted molar refractivity (Wildman–Crippen MR) is 110 cm³/mol. The van der Waals surface area contributed by atoms with Crippen LogP contribution in [0.25, 0.3) is 0 Å². The molecule has 1 aromatic heterocycles. The Hall–Kier alpha value is -3.21. The number of carbonyl (C=O) groups is 1. The SMILES string of the molecule is Cc1ccc(Nc2ncc(C(=O)Nc3ccc(C(C)(C)C)cc3)cn2)cc1. The number of rotatable bonds is 4. The van der Waals surface area contributed by atoms with Crippen molar-refractivity contribution >= 4 is 23.2 Å². The van der Waals surface area contributed by atoms with Crippen molar-refractivity contribution in [3.63, 3.8) is 0 Å². The van der Waals surface area contributed by atoms with Crippen LogP contribution < -0.4 is 10.6 Å². The average Bonchev–Trinajstić information content (AvgIpc) is 2.64. The minimum atomic E-state index is -0.236. The number of aryl methyl sites for hydroxylation is 1. The molecule has 0 spiro atoms. The second kappa shape index (κ2) is 7.58. The van der Waals surface area contributed by atoms with E-state index < -0.39 is 0 Å². The van der Waals surface area contributed by atoms with Crippen LogP contribution in [-0.4, -0.2) is 15.9 Å². The van der Waals surface area contributed by atoms with Crippen LogP contribution in [0.5, 0.6) is 0 Å². The highest BCUT2D eigenvalue weighted by molar-refractivity contribution is 6.03. The monoisotopic (exact) mass is 360 g/mol. The molecular formula is C22H24N4O. The summed E-state index contributed by atoms with van der Waals surface area (Å²) >= 11 is 0. The van der Waals surface area contributed by atoms with Crippen LogP contribution in [0.15, 0.2) is 60.9 Å². The van der Waals surface area contributed by atoms with E-state index in [0.717, 1.165) is 11.4 Å². The first-order valence-electron chi connectivity index (χ1n) is 8.89. The maximum Gasteiger partial charge on any atom is 0.258 e. The van der Waals surface area contributed by atoms with Gasteiger partial charge in [0.1, 0.15) is 0 Å². The van der Waals surface area contributed by atoms with Gasteiger partial charge in [-0.15, -0.1) is 0 Å². The zero-order valence-corrected chi connectivity index (χ0v) is 16.1. The average molecular weight is 360 g/mol. The Kier molecular flexibility index (Phi) is 5.21. The fourth-order valence-electron chi connectivity index (χ4n) is 2.53. The second-order valence-electron chi connectivity index (χ2n) is 7.57. The Labute approximate surface area is 159 Å². The molecule has 5 heteroatoms. The van der Waals surface area contributed by atoms with E-state index in [4.69, 9.17) is 0 Å². The zero-order chi connectivity index (χ0) is 19.4. The molecular weight excluding hydrogens is 336 g/mol. The van der Waals surface area contributed by atoms with E-state index in [2.05, 4.69) is 41.4 Å². The van der Waals surface area contributed by atoms with E-state index >= 15 is 0 Å². The Balaban J connectivity index is 1.64. The van der Waals surface area contributed by atoms with E-state index in [9.17, 15) is 4.79 Å². The summed E-state index contributed by atoms with van der Waals surface area (Å²) in [6, 6.07) is 15.8. The third kappa shape index (κ3) is 4.91. The summed E-state index contributed by atoms with van der Waals surface area (Å²) < 4.78 is 0. The molecule has 1 amide bonds. The van der Waals surface area contributed by atoms with Crippen molar-refractivity contribution in [3.8, 4) is 0 Å². The van der Waals surface area contributed by atoms with Crippen molar-refractivity contribution in [2.45, 2.75) is 33.1 Å². The molecule has 0 fully saturated rings. The van der Waals surface area contributed by atoms with Crippen molar-refractivity contribution in [2.24, 2.45) is 0 Å². The Morgan fingerprint density at radius 1 is 0.852 bits per heavy atom. The Morgan fingerprint density at radius 2 is 1.41 bits per heavy atom. The Bertz CT molecular complexity index is 909. The number of hydrogen-bond donors (Lipinski definition) is 2. The number of nitrogens with one attached hydrogen (secondary N) is 2. The lowest BCUT2D eigenvalue weighted by molar-refractivity contribution is 0.102. The number of benzene rings is 2. The Morgan fingerprint density at radius 3 is 1.96 bits per heavy atom. The first kappa shape index (κ1) is 18.6. The number of anilines is 3. The first-order valence-corrected chi connectivity index (χ1v) is 8.89. The minimum absolute atomic E-state index is 0.0800. The van der Waals surface area contributed by atoms with Crippen LogP contribution in [0, 0.1) is 6.92 Å². The first-order chi connectivity index (χ1) is 12.8. The zero-order valence-electron chi connectivity index (χ0n) is 16.1. The van der Waals surface area contributed by atoms with Crippen molar-refractivity contribution in [2.75, 3.05) is 10.6 Å². The van der Waals surface area contributed by atoms with Crippen LogP contribution in [0.1, 0.15) is 42.3 Å². The molecule has 0 aliphatic rings. The fourth-order valence-corrected chi connectivity index (χ4v) is 2.53. The van der Waals surface area contributed by atoms with E-state index in [1.807, 2.05) is 55.5 Å². The lowest BCUT2D eigenvalue weighted by atomic mass is 9.87. The molecule has 2 aromatic carbocycles. The number of aromatic nitrogens is 2. The van der Waals surface area contributed by atoms with Crippen molar-refractivity contribution in [1.82, 2.24) is 9.97 Å². The van der Waals surface area contributed by atoms with E-state index in [1.165, 1.54) is 23.5 Å². The summed E-state index contributed by atoms with van der Waals surface area (Å²) in [6.45, 7) is 8.50. The van der Waals surface area contributed by atoms with Crippen molar-refractivity contribution < 1.29 is 4.79 Å². The molecule has 3 rings (SSSR count). The van der Waals surface area contributed by atoms with Gasteiger partial charge in [0, 0.05) is 23.8 Å². The van der Waals surface area contributed by atoms with Gasteiger partial charge >= 0.3 is 0 Å². The largest absolute Gasteiger partial charge is 0.324 e. The summed E-state index contributed by atoms with van der Waals surface area (Å²) in [7, 11) is 0. The molecule has 138 valence electrons. The molecule has 5 nitrogen and oxygen atoms in total. The molecule has 1 heterocycles.